The highest BCUT2D eigenvalue weighted by molar-refractivity contribution is 8.00. The van der Waals surface area contributed by atoms with Gasteiger partial charge in [0.2, 0.25) is 0 Å². The van der Waals surface area contributed by atoms with E-state index in [-0.39, 0.29) is 0 Å². The number of hydrogen-bond acceptors (Lipinski definition) is 4. The van der Waals surface area contributed by atoms with E-state index in [1.54, 1.807) is 35.7 Å². The van der Waals surface area contributed by atoms with Crippen LogP contribution in [0.5, 0.6) is 5.75 Å². The van der Waals surface area contributed by atoms with Crippen LogP contribution in [0.25, 0.3) is 0 Å². The Balaban J connectivity index is 1.46. The zero-order chi connectivity index (χ0) is 20.6. The number of anilines is 1. The van der Waals surface area contributed by atoms with Gasteiger partial charge in [0.1, 0.15) is 5.75 Å². The summed E-state index contributed by atoms with van der Waals surface area (Å²) in [4.78, 5) is 16.7. The molecule has 0 radical (unpaired) electrons. The second-order valence-corrected chi connectivity index (χ2v) is 8.58. The average molecular weight is 430 g/mol. The van der Waals surface area contributed by atoms with E-state index in [0.29, 0.717) is 11.4 Å². The molecule has 0 aromatic heterocycles. The molecule has 1 amide bonds. The van der Waals surface area contributed by atoms with Crippen LogP contribution in [-0.4, -0.2) is 6.09 Å². The highest BCUT2D eigenvalue weighted by Gasteiger charge is 2.10. The first-order chi connectivity index (χ1) is 14.8. The molecule has 148 valence electrons. The lowest BCUT2D eigenvalue weighted by Crippen LogP contribution is -2.17. The zero-order valence-electron chi connectivity index (χ0n) is 16.0. The lowest BCUT2D eigenvalue weighted by atomic mass is 10.3. The van der Waals surface area contributed by atoms with E-state index in [1.807, 2.05) is 66.7 Å². The number of para-hydroxylation sites is 2. The van der Waals surface area contributed by atoms with Crippen molar-refractivity contribution in [2.75, 3.05) is 5.32 Å². The maximum absolute atomic E-state index is 12.3. The van der Waals surface area contributed by atoms with Crippen molar-refractivity contribution >= 4 is 35.3 Å². The minimum atomic E-state index is -0.511. The molecule has 1 N–H and O–H groups in total. The van der Waals surface area contributed by atoms with Crippen LogP contribution in [0.3, 0.4) is 0 Å². The molecule has 0 bridgehead atoms. The van der Waals surface area contributed by atoms with E-state index >= 15 is 0 Å². The van der Waals surface area contributed by atoms with E-state index in [4.69, 9.17) is 4.74 Å². The Labute approximate surface area is 184 Å². The van der Waals surface area contributed by atoms with Gasteiger partial charge in [-0.25, -0.2) is 4.79 Å². The maximum atomic E-state index is 12.3. The molecule has 0 saturated carbocycles. The van der Waals surface area contributed by atoms with Crippen LogP contribution in [0.2, 0.25) is 0 Å². The third-order valence-corrected chi connectivity index (χ3v) is 6.15. The van der Waals surface area contributed by atoms with Crippen LogP contribution in [-0.2, 0) is 0 Å². The summed E-state index contributed by atoms with van der Waals surface area (Å²) in [5.74, 6) is 0.505. The summed E-state index contributed by atoms with van der Waals surface area (Å²) in [5, 5.41) is 2.85. The summed E-state index contributed by atoms with van der Waals surface area (Å²) in [6.45, 7) is 0. The normalized spacial score (nSPS) is 10.4. The fourth-order valence-corrected chi connectivity index (χ4v) is 4.68. The Bertz CT molecular complexity index is 1120. The number of nitrogens with one attached hydrogen (secondary N) is 1. The molecule has 0 aliphatic carbocycles. The number of benzene rings is 4. The Morgan fingerprint density at radius 1 is 0.633 bits per heavy atom. The van der Waals surface area contributed by atoms with E-state index in [0.717, 1.165) is 9.79 Å². The van der Waals surface area contributed by atoms with Gasteiger partial charge < -0.3 is 4.74 Å². The number of carbonyl (C=O) groups excluding carboxylic acids is 1. The molecule has 30 heavy (non-hydrogen) atoms. The van der Waals surface area contributed by atoms with Crippen LogP contribution in [0.4, 0.5) is 10.5 Å². The van der Waals surface area contributed by atoms with Crippen molar-refractivity contribution in [3.63, 3.8) is 0 Å². The Hall–Kier alpha value is -3.15. The minimum Gasteiger partial charge on any atom is -0.410 e. The average Bonchev–Trinajstić information content (AvgIpc) is 2.77. The molecule has 0 fully saturated rings. The second kappa shape index (κ2) is 10.1. The molecule has 0 saturated heterocycles. The van der Waals surface area contributed by atoms with Gasteiger partial charge in [-0.15, -0.1) is 0 Å². The molecule has 0 aliphatic heterocycles. The van der Waals surface area contributed by atoms with Gasteiger partial charge in [-0.2, -0.15) is 0 Å². The summed E-state index contributed by atoms with van der Waals surface area (Å²) in [6, 6.07) is 35.4. The highest BCUT2D eigenvalue weighted by Crippen LogP contribution is 2.36. The third-order valence-electron chi connectivity index (χ3n) is 4.09. The minimum absolute atomic E-state index is 0.505. The van der Waals surface area contributed by atoms with E-state index in [2.05, 4.69) is 35.6 Å². The van der Waals surface area contributed by atoms with Crippen LogP contribution in [0, 0.1) is 0 Å². The molecule has 0 aliphatic rings. The first-order valence-electron chi connectivity index (χ1n) is 9.40. The van der Waals surface area contributed by atoms with Crippen molar-refractivity contribution in [2.45, 2.75) is 19.6 Å². The first-order valence-corrected chi connectivity index (χ1v) is 11.0. The van der Waals surface area contributed by atoms with Crippen molar-refractivity contribution in [3.8, 4) is 5.75 Å². The van der Waals surface area contributed by atoms with Gasteiger partial charge in [0.15, 0.2) is 0 Å². The van der Waals surface area contributed by atoms with Gasteiger partial charge in [-0.3, -0.25) is 5.32 Å². The molecule has 4 rings (SSSR count). The molecular weight excluding hydrogens is 410 g/mol. The fourth-order valence-electron chi connectivity index (χ4n) is 2.74. The zero-order valence-corrected chi connectivity index (χ0v) is 17.7. The molecule has 0 heterocycles. The van der Waals surface area contributed by atoms with Crippen molar-refractivity contribution < 1.29 is 9.53 Å². The summed E-state index contributed by atoms with van der Waals surface area (Å²) < 4.78 is 5.35. The largest absolute Gasteiger partial charge is 0.417 e. The van der Waals surface area contributed by atoms with Crippen molar-refractivity contribution in [1.29, 1.82) is 0 Å². The SMILES string of the molecule is O=C(Nc1ccccc1Sc1cccc(Sc2ccccc2)c1)Oc1ccccc1. The van der Waals surface area contributed by atoms with Crippen LogP contribution in [0.15, 0.2) is 129 Å². The number of rotatable bonds is 6. The molecule has 0 atom stereocenters. The summed E-state index contributed by atoms with van der Waals surface area (Å²) in [6.07, 6.45) is -0.511. The molecule has 0 unspecified atom stereocenters. The van der Waals surface area contributed by atoms with Gasteiger partial charge in [0, 0.05) is 19.6 Å². The number of ether oxygens (including phenoxy) is 1. The summed E-state index contributed by atoms with van der Waals surface area (Å²) >= 11 is 3.33. The fraction of sp³-hybridized carbons (Fsp3) is 0. The quantitative estimate of drug-likeness (QED) is 0.342. The molecule has 0 spiro atoms. The van der Waals surface area contributed by atoms with E-state index in [9.17, 15) is 4.79 Å². The number of amides is 1. The van der Waals surface area contributed by atoms with Crippen LogP contribution >= 0.6 is 23.5 Å². The topological polar surface area (TPSA) is 38.3 Å². The van der Waals surface area contributed by atoms with Crippen molar-refractivity contribution in [2.24, 2.45) is 0 Å². The molecule has 4 aromatic rings. The van der Waals surface area contributed by atoms with E-state index < -0.39 is 6.09 Å². The van der Waals surface area contributed by atoms with Gasteiger partial charge >= 0.3 is 6.09 Å². The smallest absolute Gasteiger partial charge is 0.410 e. The monoisotopic (exact) mass is 429 g/mol. The lowest BCUT2D eigenvalue weighted by molar-refractivity contribution is 0.215. The van der Waals surface area contributed by atoms with Gasteiger partial charge in [-0.1, -0.05) is 78.1 Å². The van der Waals surface area contributed by atoms with Crippen LogP contribution < -0.4 is 10.1 Å². The predicted molar refractivity (Wildman–Crippen MR) is 124 cm³/mol. The highest BCUT2D eigenvalue weighted by atomic mass is 32.2. The Morgan fingerprint density at radius 3 is 2.00 bits per heavy atom. The molecular formula is C25H19NO2S2. The first kappa shape index (κ1) is 20.1. The second-order valence-electron chi connectivity index (χ2n) is 6.32. The van der Waals surface area contributed by atoms with Gasteiger partial charge in [0.25, 0.3) is 0 Å². The van der Waals surface area contributed by atoms with Gasteiger partial charge in [-0.05, 0) is 54.6 Å². The van der Waals surface area contributed by atoms with Crippen LogP contribution in [0.1, 0.15) is 0 Å². The third kappa shape index (κ3) is 5.69. The van der Waals surface area contributed by atoms with Gasteiger partial charge in [0.05, 0.1) is 5.69 Å². The Morgan fingerprint density at radius 2 is 1.23 bits per heavy atom. The molecule has 3 nitrogen and oxygen atoms in total. The van der Waals surface area contributed by atoms with Crippen molar-refractivity contribution in [1.82, 2.24) is 0 Å². The lowest BCUT2D eigenvalue weighted by Gasteiger charge is -2.11. The summed E-state index contributed by atoms with van der Waals surface area (Å²) in [7, 11) is 0. The standard InChI is InChI=1S/C25H19NO2S2/c27-25(28-19-10-3-1-4-11-19)26-23-16-7-8-17-24(23)30-22-15-9-14-21(18-22)29-20-12-5-2-6-13-20/h1-18H,(H,26,27). The number of carbonyl (C=O) groups is 1. The van der Waals surface area contributed by atoms with Crippen molar-refractivity contribution in [3.05, 3.63) is 109 Å². The number of hydrogen-bond donors (Lipinski definition) is 1. The predicted octanol–water partition coefficient (Wildman–Crippen LogP) is 7.60. The summed E-state index contributed by atoms with van der Waals surface area (Å²) in [5.41, 5.74) is 0.713. The molecule has 4 aromatic carbocycles. The molecule has 5 heteroatoms. The maximum Gasteiger partial charge on any atom is 0.417 e. The van der Waals surface area contributed by atoms with E-state index in [1.165, 1.54) is 9.79 Å². The Kier molecular flexibility index (Phi) is 6.75.